The van der Waals surface area contributed by atoms with E-state index in [4.69, 9.17) is 19.9 Å². The van der Waals surface area contributed by atoms with Crippen molar-refractivity contribution in [2.75, 3.05) is 44.5 Å². The number of rotatable bonds is 5. The summed E-state index contributed by atoms with van der Waals surface area (Å²) in [6.45, 7) is 5.03. The fourth-order valence-corrected chi connectivity index (χ4v) is 3.89. The van der Waals surface area contributed by atoms with E-state index in [1.165, 1.54) is 18.1 Å². The van der Waals surface area contributed by atoms with Gasteiger partial charge < -0.3 is 30.2 Å². The number of hydrogen-bond acceptors (Lipinski definition) is 8. The number of aromatic nitrogens is 2. The number of halogens is 3. The summed E-state index contributed by atoms with van der Waals surface area (Å²) in [7, 11) is 1.45. The highest BCUT2D eigenvalue weighted by molar-refractivity contribution is 5.92. The highest BCUT2D eigenvalue weighted by Crippen LogP contribution is 2.37. The van der Waals surface area contributed by atoms with Crippen LogP contribution >= 0.6 is 0 Å². The molecule has 3 N–H and O–H groups in total. The van der Waals surface area contributed by atoms with Crippen LogP contribution in [0.2, 0.25) is 0 Å². The first-order chi connectivity index (χ1) is 17.0. The molecule has 192 valence electrons. The number of hydrogen-bond donors (Lipinski definition) is 2. The molecule has 1 aliphatic heterocycles. The molecule has 1 amide bonds. The van der Waals surface area contributed by atoms with Crippen molar-refractivity contribution in [1.29, 1.82) is 0 Å². The van der Waals surface area contributed by atoms with Gasteiger partial charge in [0.1, 0.15) is 11.6 Å². The average Bonchev–Trinajstić information content (AvgIpc) is 2.83. The number of nitrogens with one attached hydrogen (secondary N) is 1. The van der Waals surface area contributed by atoms with E-state index in [2.05, 4.69) is 15.3 Å². The molecule has 1 aliphatic rings. The van der Waals surface area contributed by atoms with Gasteiger partial charge in [0, 0.05) is 30.2 Å². The number of methoxy groups -OCH3 is 1. The Kier molecular flexibility index (Phi) is 7.07. The first-order valence-electron chi connectivity index (χ1n) is 11.2. The minimum absolute atomic E-state index is 0.000696. The first-order valence-corrected chi connectivity index (χ1v) is 11.2. The lowest BCUT2D eigenvalue weighted by molar-refractivity contribution is -0.137. The number of nitrogen functional groups attached to an aromatic ring is 1. The molecule has 3 aromatic rings. The van der Waals surface area contributed by atoms with Crippen molar-refractivity contribution in [2.45, 2.75) is 26.1 Å². The highest BCUT2D eigenvalue weighted by atomic mass is 19.4. The van der Waals surface area contributed by atoms with E-state index < -0.39 is 23.9 Å². The molecular weight excluding hydrogens is 479 g/mol. The van der Waals surface area contributed by atoms with Crippen molar-refractivity contribution < 1.29 is 32.2 Å². The number of aryl methyl sites for hydroxylation is 1. The molecule has 0 spiro atoms. The maximum absolute atomic E-state index is 13.3. The minimum Gasteiger partial charge on any atom is -0.493 e. The molecule has 2 heterocycles. The second-order valence-electron chi connectivity index (χ2n) is 8.36. The standard InChI is InChI=1S/C24H26F3N5O4/c1-13(15-8-16(24(25,26)27)10-17(28)9-15)29-22-18-11-21(36-23(33)32-4-6-35-7-5-32)20(34-3)12-19(18)30-14(2)31-22/h8-13H,4-7,28H2,1-3H3,(H,29,30,31)/t13-/m1/s1. The highest BCUT2D eigenvalue weighted by Gasteiger charge is 2.31. The third-order valence-corrected chi connectivity index (χ3v) is 5.72. The molecule has 2 aromatic carbocycles. The number of ether oxygens (including phenoxy) is 3. The largest absolute Gasteiger partial charge is 0.493 e. The van der Waals surface area contributed by atoms with Crippen LogP contribution in [0.25, 0.3) is 10.9 Å². The molecule has 1 atom stereocenters. The molecule has 0 unspecified atom stereocenters. The number of nitrogens with zero attached hydrogens (tertiary/aromatic N) is 3. The molecule has 4 rings (SSSR count). The van der Waals surface area contributed by atoms with Crippen LogP contribution in [0.4, 0.5) is 29.5 Å². The van der Waals surface area contributed by atoms with Gasteiger partial charge in [-0.2, -0.15) is 13.2 Å². The van der Waals surface area contributed by atoms with Gasteiger partial charge in [0.25, 0.3) is 0 Å². The molecule has 0 aliphatic carbocycles. The predicted octanol–water partition coefficient (Wildman–Crippen LogP) is 4.55. The Bertz CT molecular complexity index is 1280. The predicted molar refractivity (Wildman–Crippen MR) is 127 cm³/mol. The number of carbonyl (C=O) groups is 1. The number of anilines is 2. The molecule has 1 saturated heterocycles. The van der Waals surface area contributed by atoms with Gasteiger partial charge in [0.15, 0.2) is 11.5 Å². The van der Waals surface area contributed by atoms with Crippen LogP contribution in [0.3, 0.4) is 0 Å². The summed E-state index contributed by atoms with van der Waals surface area (Å²) in [5.41, 5.74) is 5.73. The van der Waals surface area contributed by atoms with Gasteiger partial charge in [-0.25, -0.2) is 14.8 Å². The van der Waals surface area contributed by atoms with E-state index in [0.717, 1.165) is 12.1 Å². The lowest BCUT2D eigenvalue weighted by Gasteiger charge is -2.26. The monoisotopic (exact) mass is 505 g/mol. The lowest BCUT2D eigenvalue weighted by atomic mass is 10.0. The number of amides is 1. The van der Waals surface area contributed by atoms with Crippen LogP contribution in [0.15, 0.2) is 30.3 Å². The number of alkyl halides is 3. The third kappa shape index (κ3) is 5.54. The summed E-state index contributed by atoms with van der Waals surface area (Å²) in [5, 5.41) is 3.65. The van der Waals surface area contributed by atoms with Gasteiger partial charge >= 0.3 is 12.3 Å². The molecule has 9 nitrogen and oxygen atoms in total. The zero-order valence-electron chi connectivity index (χ0n) is 20.0. The van der Waals surface area contributed by atoms with Crippen LogP contribution in [0.5, 0.6) is 11.5 Å². The maximum Gasteiger partial charge on any atom is 0.416 e. The summed E-state index contributed by atoms with van der Waals surface area (Å²) in [5.74, 6) is 1.24. The van der Waals surface area contributed by atoms with Crippen molar-refractivity contribution >= 4 is 28.5 Å². The molecular formula is C24H26F3N5O4. The summed E-state index contributed by atoms with van der Waals surface area (Å²) in [6.07, 6.45) is -5.08. The molecule has 1 aromatic heterocycles. The molecule has 0 saturated carbocycles. The number of fused-ring (bicyclic) bond motifs is 1. The fourth-order valence-electron chi connectivity index (χ4n) is 3.89. The Morgan fingerprint density at radius 1 is 1.14 bits per heavy atom. The van der Waals surface area contributed by atoms with Crippen LogP contribution in [-0.2, 0) is 10.9 Å². The second-order valence-corrected chi connectivity index (χ2v) is 8.36. The van der Waals surface area contributed by atoms with Crippen molar-refractivity contribution in [3.05, 3.63) is 47.3 Å². The van der Waals surface area contributed by atoms with Crippen molar-refractivity contribution in [3.63, 3.8) is 0 Å². The zero-order valence-corrected chi connectivity index (χ0v) is 20.0. The van der Waals surface area contributed by atoms with Crippen molar-refractivity contribution in [3.8, 4) is 11.5 Å². The van der Waals surface area contributed by atoms with Gasteiger partial charge in [0.05, 0.1) is 37.4 Å². The van der Waals surface area contributed by atoms with E-state index >= 15 is 0 Å². The Labute approximate surface area is 205 Å². The van der Waals surface area contributed by atoms with Gasteiger partial charge in [0.2, 0.25) is 0 Å². The van der Waals surface area contributed by atoms with E-state index in [0.29, 0.717) is 60.2 Å². The zero-order chi connectivity index (χ0) is 26.0. The number of morpholine rings is 1. The SMILES string of the molecule is COc1cc2nc(C)nc(N[C@H](C)c3cc(N)cc(C(F)(F)F)c3)c2cc1OC(=O)N1CCOCC1. The topological polar surface area (TPSA) is 112 Å². The van der Waals surface area contributed by atoms with Crippen LogP contribution in [0.1, 0.15) is 29.9 Å². The Morgan fingerprint density at radius 2 is 1.86 bits per heavy atom. The Balaban J connectivity index is 1.69. The van der Waals surface area contributed by atoms with E-state index in [1.54, 1.807) is 26.0 Å². The number of carbonyl (C=O) groups excluding carboxylic acids is 1. The van der Waals surface area contributed by atoms with E-state index in [-0.39, 0.29) is 11.4 Å². The smallest absolute Gasteiger partial charge is 0.416 e. The molecule has 1 fully saturated rings. The van der Waals surface area contributed by atoms with Gasteiger partial charge in [-0.1, -0.05) is 0 Å². The summed E-state index contributed by atoms with van der Waals surface area (Å²) < 4.78 is 56.2. The summed E-state index contributed by atoms with van der Waals surface area (Å²) in [6, 6.07) is 6.01. The summed E-state index contributed by atoms with van der Waals surface area (Å²) >= 11 is 0. The van der Waals surface area contributed by atoms with Gasteiger partial charge in [-0.05, 0) is 43.7 Å². The minimum atomic E-state index is -4.53. The lowest BCUT2D eigenvalue weighted by Crippen LogP contribution is -2.42. The molecule has 0 radical (unpaired) electrons. The fraction of sp³-hybridized carbons (Fsp3) is 0.375. The third-order valence-electron chi connectivity index (χ3n) is 5.72. The summed E-state index contributed by atoms with van der Waals surface area (Å²) in [4.78, 5) is 23.1. The van der Waals surface area contributed by atoms with Gasteiger partial charge in [-0.3, -0.25) is 0 Å². The van der Waals surface area contributed by atoms with E-state index in [9.17, 15) is 18.0 Å². The molecule has 36 heavy (non-hydrogen) atoms. The molecule has 12 heteroatoms. The first kappa shape index (κ1) is 25.3. The Morgan fingerprint density at radius 3 is 2.53 bits per heavy atom. The van der Waals surface area contributed by atoms with Crippen molar-refractivity contribution in [1.82, 2.24) is 14.9 Å². The average molecular weight is 505 g/mol. The van der Waals surface area contributed by atoms with E-state index in [1.807, 2.05) is 0 Å². The van der Waals surface area contributed by atoms with Crippen LogP contribution in [0, 0.1) is 6.92 Å². The van der Waals surface area contributed by atoms with Crippen LogP contribution < -0.4 is 20.5 Å². The number of nitrogens with two attached hydrogens (primary N) is 1. The quantitative estimate of drug-likeness (QED) is 0.486. The maximum atomic E-state index is 13.3. The van der Waals surface area contributed by atoms with Gasteiger partial charge in [-0.15, -0.1) is 0 Å². The van der Waals surface area contributed by atoms with Crippen molar-refractivity contribution in [2.24, 2.45) is 0 Å². The Hall–Kier alpha value is -3.80. The second kappa shape index (κ2) is 10.1. The normalized spacial score (nSPS) is 15.0. The molecule has 0 bridgehead atoms. The number of benzene rings is 2. The van der Waals surface area contributed by atoms with Crippen LogP contribution in [-0.4, -0.2) is 54.4 Å².